The van der Waals surface area contributed by atoms with Gasteiger partial charge >= 0.3 is 0 Å². The number of hydrogen-bond donors (Lipinski definition) is 0. The van der Waals surface area contributed by atoms with Gasteiger partial charge in [-0.05, 0) is 73.1 Å². The molecule has 0 saturated heterocycles. The molecule has 0 spiro atoms. The van der Waals surface area contributed by atoms with Crippen molar-refractivity contribution in [2.75, 3.05) is 0 Å². The van der Waals surface area contributed by atoms with E-state index in [1.54, 1.807) is 11.3 Å². The lowest BCUT2D eigenvalue weighted by Gasteiger charge is -2.56. The van der Waals surface area contributed by atoms with Crippen LogP contribution in [0.4, 0.5) is 0 Å². The number of nitrogens with zero attached hydrogens (tertiary/aromatic N) is 4. The van der Waals surface area contributed by atoms with Gasteiger partial charge in [-0.2, -0.15) is 0 Å². The molecule has 118 valence electrons. The summed E-state index contributed by atoms with van der Waals surface area (Å²) in [7, 11) is 0. The quantitative estimate of drug-likeness (QED) is 0.713. The van der Waals surface area contributed by atoms with Gasteiger partial charge in [0, 0.05) is 6.42 Å². The third-order valence-electron chi connectivity index (χ3n) is 6.54. The maximum Gasteiger partial charge on any atom is 0.167 e. The van der Waals surface area contributed by atoms with Crippen LogP contribution in [0.3, 0.4) is 0 Å². The van der Waals surface area contributed by atoms with Crippen molar-refractivity contribution in [2.45, 2.75) is 44.9 Å². The lowest BCUT2D eigenvalue weighted by molar-refractivity contribution is -0.0531. The second kappa shape index (κ2) is 4.32. The summed E-state index contributed by atoms with van der Waals surface area (Å²) in [5, 5.41) is 8.00. The minimum atomic E-state index is 0.501. The number of fused-ring (bicyclic) bond motifs is 3. The first kappa shape index (κ1) is 12.9. The minimum Gasteiger partial charge on any atom is -0.225 e. The summed E-state index contributed by atoms with van der Waals surface area (Å²) < 4.78 is 1.88. The van der Waals surface area contributed by atoms with Crippen LogP contribution in [-0.2, 0) is 6.42 Å². The molecular formula is C18H20N4S. The van der Waals surface area contributed by atoms with E-state index in [2.05, 4.69) is 16.4 Å². The van der Waals surface area contributed by atoms with E-state index >= 15 is 0 Å². The van der Waals surface area contributed by atoms with Crippen LogP contribution in [0.5, 0.6) is 0 Å². The summed E-state index contributed by atoms with van der Waals surface area (Å²) in [5.74, 6) is 4.00. The molecule has 0 radical (unpaired) electrons. The molecule has 7 rings (SSSR count). The Morgan fingerprint density at radius 1 is 1.13 bits per heavy atom. The predicted octanol–water partition coefficient (Wildman–Crippen LogP) is 4.10. The van der Waals surface area contributed by atoms with Gasteiger partial charge in [0.25, 0.3) is 0 Å². The van der Waals surface area contributed by atoms with E-state index < -0.39 is 0 Å². The van der Waals surface area contributed by atoms with Crippen molar-refractivity contribution < 1.29 is 0 Å². The monoisotopic (exact) mass is 324 g/mol. The lowest BCUT2D eigenvalue weighted by Crippen LogP contribution is -2.47. The van der Waals surface area contributed by atoms with E-state index in [9.17, 15) is 0 Å². The van der Waals surface area contributed by atoms with E-state index in [-0.39, 0.29) is 0 Å². The van der Waals surface area contributed by atoms with Crippen LogP contribution >= 0.6 is 11.3 Å². The first-order valence-corrected chi connectivity index (χ1v) is 9.72. The first-order chi connectivity index (χ1) is 11.3. The fourth-order valence-corrected chi connectivity index (χ4v) is 6.95. The van der Waals surface area contributed by atoms with Crippen molar-refractivity contribution in [3.05, 3.63) is 23.6 Å². The minimum absolute atomic E-state index is 0.501. The smallest absolute Gasteiger partial charge is 0.167 e. The van der Waals surface area contributed by atoms with Crippen molar-refractivity contribution in [1.82, 2.24) is 19.6 Å². The molecule has 0 amide bonds. The predicted molar refractivity (Wildman–Crippen MR) is 90.5 cm³/mol. The maximum atomic E-state index is 4.91. The zero-order chi connectivity index (χ0) is 15.0. The highest BCUT2D eigenvalue weighted by Crippen LogP contribution is 2.60. The van der Waals surface area contributed by atoms with E-state index in [0.29, 0.717) is 5.41 Å². The van der Waals surface area contributed by atoms with Gasteiger partial charge in [0.2, 0.25) is 0 Å². The summed E-state index contributed by atoms with van der Waals surface area (Å²) in [6, 6.07) is 2.12. The van der Waals surface area contributed by atoms with Crippen LogP contribution in [0.2, 0.25) is 0 Å². The van der Waals surface area contributed by atoms with Gasteiger partial charge in [0.1, 0.15) is 11.2 Å². The molecule has 0 aliphatic heterocycles. The highest BCUT2D eigenvalue weighted by Gasteiger charge is 2.51. The molecule has 0 atom stereocenters. The molecular weight excluding hydrogens is 304 g/mol. The zero-order valence-electron chi connectivity index (χ0n) is 13.1. The highest BCUT2D eigenvalue weighted by molar-refractivity contribution is 7.16. The molecule has 4 nitrogen and oxygen atoms in total. The van der Waals surface area contributed by atoms with E-state index in [1.807, 2.05) is 10.8 Å². The summed E-state index contributed by atoms with van der Waals surface area (Å²) in [6.07, 6.45) is 11.6. The Balaban J connectivity index is 1.40. The van der Waals surface area contributed by atoms with Crippen molar-refractivity contribution in [3.63, 3.8) is 0 Å². The third kappa shape index (κ3) is 1.86. The Bertz CT molecular complexity index is 873. The Morgan fingerprint density at radius 2 is 1.87 bits per heavy atom. The zero-order valence-corrected chi connectivity index (χ0v) is 13.9. The summed E-state index contributed by atoms with van der Waals surface area (Å²) in [6.45, 7) is 0. The summed E-state index contributed by atoms with van der Waals surface area (Å²) in [4.78, 5) is 10.5. The van der Waals surface area contributed by atoms with Crippen molar-refractivity contribution >= 4 is 27.2 Å². The molecule has 0 N–H and O–H groups in total. The Hall–Kier alpha value is -1.49. The van der Waals surface area contributed by atoms with Gasteiger partial charge < -0.3 is 0 Å². The van der Waals surface area contributed by atoms with Crippen LogP contribution in [0.15, 0.2) is 17.8 Å². The van der Waals surface area contributed by atoms with E-state index in [0.717, 1.165) is 45.9 Å². The fourth-order valence-electron chi connectivity index (χ4n) is 6.23. The molecule has 3 heterocycles. The maximum absolute atomic E-state index is 4.91. The number of hydrogen-bond acceptors (Lipinski definition) is 4. The molecule has 0 aromatic carbocycles. The van der Waals surface area contributed by atoms with Gasteiger partial charge in [-0.15, -0.1) is 16.4 Å². The van der Waals surface area contributed by atoms with E-state index in [4.69, 9.17) is 10.1 Å². The van der Waals surface area contributed by atoms with Crippen LogP contribution in [0, 0.1) is 23.2 Å². The van der Waals surface area contributed by atoms with E-state index in [1.165, 1.54) is 38.5 Å². The average Bonchev–Trinajstić information content (AvgIpc) is 3.09. The molecule has 3 aromatic heterocycles. The van der Waals surface area contributed by atoms with Gasteiger partial charge in [-0.3, -0.25) is 0 Å². The third-order valence-corrected chi connectivity index (χ3v) is 7.36. The topological polar surface area (TPSA) is 43.1 Å². The van der Waals surface area contributed by atoms with Crippen molar-refractivity contribution in [2.24, 2.45) is 23.2 Å². The standard InChI is InChI=1S/C18H20N4S/c1-2-23-17-14(1)16-20-15(21-22(16)10-19-17)9-18-6-11-3-12(7-18)5-13(4-11)8-18/h1-2,10-13H,3-9H2. The fraction of sp³-hybridized carbons (Fsp3) is 0.611. The molecule has 4 saturated carbocycles. The van der Waals surface area contributed by atoms with Gasteiger partial charge in [-0.1, -0.05) is 0 Å². The normalized spacial score (nSPS) is 35.6. The molecule has 4 fully saturated rings. The molecule has 4 bridgehead atoms. The van der Waals surface area contributed by atoms with Gasteiger partial charge in [0.05, 0.1) is 5.39 Å². The molecule has 5 heteroatoms. The molecule has 4 aliphatic carbocycles. The Labute approximate surface area is 138 Å². The number of thiophene rings is 1. The Kier molecular flexibility index (Phi) is 2.42. The average molecular weight is 324 g/mol. The molecule has 4 aliphatic rings. The molecule has 0 unspecified atom stereocenters. The SMILES string of the molecule is c1cc2c(ncn3nc(CC45CC6CC(CC(C6)C4)C5)nc23)s1. The number of rotatable bonds is 2. The van der Waals surface area contributed by atoms with Crippen LogP contribution < -0.4 is 0 Å². The van der Waals surface area contributed by atoms with Crippen LogP contribution in [0.25, 0.3) is 15.9 Å². The molecule has 23 heavy (non-hydrogen) atoms. The lowest BCUT2D eigenvalue weighted by atomic mass is 9.49. The second-order valence-corrected chi connectivity index (χ2v) is 9.17. The largest absolute Gasteiger partial charge is 0.225 e. The van der Waals surface area contributed by atoms with Crippen molar-refractivity contribution in [3.8, 4) is 0 Å². The van der Waals surface area contributed by atoms with Crippen LogP contribution in [0.1, 0.15) is 44.3 Å². The van der Waals surface area contributed by atoms with Gasteiger partial charge in [-0.25, -0.2) is 14.5 Å². The first-order valence-electron chi connectivity index (χ1n) is 8.84. The second-order valence-electron chi connectivity index (χ2n) is 8.27. The Morgan fingerprint density at radius 3 is 2.61 bits per heavy atom. The highest BCUT2D eigenvalue weighted by atomic mass is 32.1. The van der Waals surface area contributed by atoms with Gasteiger partial charge in [0.15, 0.2) is 11.5 Å². The molecule has 3 aromatic rings. The summed E-state index contributed by atoms with van der Waals surface area (Å²) in [5.41, 5.74) is 1.48. The van der Waals surface area contributed by atoms with Crippen molar-refractivity contribution in [1.29, 1.82) is 0 Å². The summed E-state index contributed by atoms with van der Waals surface area (Å²) >= 11 is 1.67. The van der Waals surface area contributed by atoms with Crippen LogP contribution in [-0.4, -0.2) is 19.6 Å². The number of aromatic nitrogens is 4.